The first-order chi connectivity index (χ1) is 8.50. The quantitative estimate of drug-likeness (QED) is 0.476. The molecule has 0 atom stereocenters. The fourth-order valence-corrected chi connectivity index (χ4v) is 1.35. The highest BCUT2D eigenvalue weighted by Crippen LogP contribution is 2.22. The highest BCUT2D eigenvalue weighted by atomic mass is 16.5. The maximum absolute atomic E-state index is 10.9. The number of unbranched alkanes of at least 4 members (excludes halogenated alkanes) is 1. The molecule has 0 unspecified atom stereocenters. The Bertz CT molecular complexity index is 277. The smallest absolute Gasteiger partial charge is 0.309 e. The lowest BCUT2D eigenvalue weighted by Crippen LogP contribution is -2.23. The van der Waals surface area contributed by atoms with Crippen molar-refractivity contribution in [3.8, 4) is 0 Å². The Balaban J connectivity index is 3.55. The molecule has 0 bridgehead atoms. The summed E-state index contributed by atoms with van der Waals surface area (Å²) < 4.78 is 5.18. The highest BCUT2D eigenvalue weighted by molar-refractivity contribution is 5.73. The Morgan fingerprint density at radius 3 is 2.22 bits per heavy atom. The van der Waals surface area contributed by atoms with Gasteiger partial charge in [-0.2, -0.15) is 0 Å². The number of carbonyl (C=O) groups is 1. The number of hydrogen-bond donors (Lipinski definition) is 1. The van der Waals surface area contributed by atoms with Gasteiger partial charge in [0.05, 0.1) is 12.0 Å². The van der Waals surface area contributed by atoms with Gasteiger partial charge in [0, 0.05) is 6.61 Å². The molecule has 1 N–H and O–H groups in total. The minimum Gasteiger partial charge on any atom is -0.481 e. The first kappa shape index (κ1) is 16.9. The monoisotopic (exact) mass is 254 g/mol. The normalized spacial score (nSPS) is 12.6. The second-order valence-electron chi connectivity index (χ2n) is 4.91. The second-order valence-corrected chi connectivity index (χ2v) is 4.91. The average molecular weight is 254 g/mol. The van der Waals surface area contributed by atoms with Crippen LogP contribution in [0, 0.1) is 5.41 Å². The van der Waals surface area contributed by atoms with E-state index in [2.05, 4.69) is 18.2 Å². The molecular formula is C15H26O3. The van der Waals surface area contributed by atoms with E-state index in [1.807, 2.05) is 13.0 Å². The molecule has 0 saturated carbocycles. The second kappa shape index (κ2) is 9.89. The van der Waals surface area contributed by atoms with E-state index in [0.717, 1.165) is 25.9 Å². The number of allylic oxidation sites excluding steroid dienone is 3. The Hall–Kier alpha value is -1.09. The summed E-state index contributed by atoms with van der Waals surface area (Å²) in [6, 6.07) is 0. The number of ether oxygens (including phenoxy) is 1. The zero-order valence-electron chi connectivity index (χ0n) is 11.8. The van der Waals surface area contributed by atoms with Crippen molar-refractivity contribution >= 4 is 5.97 Å². The molecule has 0 aromatic rings. The zero-order chi connectivity index (χ0) is 13.9. The van der Waals surface area contributed by atoms with Gasteiger partial charge in [-0.1, -0.05) is 24.3 Å². The van der Waals surface area contributed by atoms with Gasteiger partial charge in [-0.05, 0) is 46.5 Å². The summed E-state index contributed by atoms with van der Waals surface area (Å²) in [5, 5.41) is 8.94. The molecule has 3 nitrogen and oxygen atoms in total. The molecule has 18 heavy (non-hydrogen) atoms. The minimum atomic E-state index is -0.727. The summed E-state index contributed by atoms with van der Waals surface area (Å²) in [5.74, 6) is -0.727. The third-order valence-corrected chi connectivity index (χ3v) is 2.77. The van der Waals surface area contributed by atoms with Gasteiger partial charge in [0.25, 0.3) is 0 Å². The molecular weight excluding hydrogens is 228 g/mol. The van der Waals surface area contributed by atoms with E-state index < -0.39 is 11.4 Å². The van der Waals surface area contributed by atoms with Gasteiger partial charge in [0.15, 0.2) is 0 Å². The molecule has 0 radical (unpaired) electrons. The van der Waals surface area contributed by atoms with E-state index in [-0.39, 0.29) is 0 Å². The predicted octanol–water partition coefficient (Wildman–Crippen LogP) is 3.81. The average Bonchev–Trinajstić information content (AvgIpc) is 2.31. The van der Waals surface area contributed by atoms with Gasteiger partial charge in [-0.3, -0.25) is 4.79 Å². The van der Waals surface area contributed by atoms with Crippen molar-refractivity contribution in [1.82, 2.24) is 0 Å². The van der Waals surface area contributed by atoms with E-state index in [4.69, 9.17) is 9.84 Å². The Labute approximate surface area is 111 Å². The fourth-order valence-electron chi connectivity index (χ4n) is 1.35. The molecule has 0 saturated heterocycles. The van der Waals surface area contributed by atoms with Gasteiger partial charge in [0.2, 0.25) is 0 Å². The van der Waals surface area contributed by atoms with Crippen LogP contribution in [-0.4, -0.2) is 24.3 Å². The maximum Gasteiger partial charge on any atom is 0.309 e. The van der Waals surface area contributed by atoms with Crippen LogP contribution < -0.4 is 0 Å². The molecule has 3 heteroatoms. The molecule has 0 spiro atoms. The summed E-state index contributed by atoms with van der Waals surface area (Å²) in [4.78, 5) is 10.9. The standard InChI is InChI=1S/C15H26O3/c1-4-18-13-11-9-7-5-6-8-10-12-15(2,3)14(16)17/h6,8-9,11H,4-5,7,10,12-13H2,1-3H3,(H,16,17). The Morgan fingerprint density at radius 2 is 1.67 bits per heavy atom. The van der Waals surface area contributed by atoms with Crippen LogP contribution in [0.2, 0.25) is 0 Å². The maximum atomic E-state index is 10.9. The fraction of sp³-hybridized carbons (Fsp3) is 0.667. The van der Waals surface area contributed by atoms with Crippen LogP contribution in [-0.2, 0) is 9.53 Å². The third-order valence-electron chi connectivity index (χ3n) is 2.77. The molecule has 0 aliphatic carbocycles. The third kappa shape index (κ3) is 8.99. The van der Waals surface area contributed by atoms with E-state index in [9.17, 15) is 4.79 Å². The van der Waals surface area contributed by atoms with Crippen molar-refractivity contribution in [2.24, 2.45) is 5.41 Å². The number of carboxylic acid groups (broad SMARTS) is 1. The van der Waals surface area contributed by atoms with E-state index in [0.29, 0.717) is 13.0 Å². The Kier molecular flexibility index (Phi) is 9.29. The lowest BCUT2D eigenvalue weighted by molar-refractivity contribution is -0.147. The van der Waals surface area contributed by atoms with E-state index >= 15 is 0 Å². The molecule has 0 heterocycles. The minimum absolute atomic E-state index is 0.623. The largest absolute Gasteiger partial charge is 0.481 e. The van der Waals surface area contributed by atoms with Crippen molar-refractivity contribution < 1.29 is 14.6 Å². The van der Waals surface area contributed by atoms with Crippen LogP contribution in [0.15, 0.2) is 24.3 Å². The summed E-state index contributed by atoms with van der Waals surface area (Å²) in [6.07, 6.45) is 11.8. The van der Waals surface area contributed by atoms with E-state index in [1.54, 1.807) is 13.8 Å². The summed E-state index contributed by atoms with van der Waals surface area (Å²) >= 11 is 0. The molecule has 0 amide bonds. The number of rotatable bonds is 10. The molecule has 0 fully saturated rings. The predicted molar refractivity (Wildman–Crippen MR) is 74.7 cm³/mol. The summed E-state index contributed by atoms with van der Waals surface area (Å²) in [7, 11) is 0. The zero-order valence-corrected chi connectivity index (χ0v) is 11.8. The number of aliphatic carboxylic acids is 1. The SMILES string of the molecule is CCOCC=CCCC=CCCC(C)(C)C(=O)O. The summed E-state index contributed by atoms with van der Waals surface area (Å²) in [5.41, 5.74) is -0.623. The van der Waals surface area contributed by atoms with Crippen LogP contribution in [0.5, 0.6) is 0 Å². The van der Waals surface area contributed by atoms with Gasteiger partial charge in [-0.15, -0.1) is 0 Å². The van der Waals surface area contributed by atoms with Crippen LogP contribution >= 0.6 is 0 Å². The van der Waals surface area contributed by atoms with Crippen molar-refractivity contribution in [3.63, 3.8) is 0 Å². The molecule has 0 aromatic heterocycles. The van der Waals surface area contributed by atoms with Crippen LogP contribution in [0.25, 0.3) is 0 Å². The van der Waals surface area contributed by atoms with Gasteiger partial charge < -0.3 is 9.84 Å². The van der Waals surface area contributed by atoms with Crippen molar-refractivity contribution in [1.29, 1.82) is 0 Å². The lowest BCUT2D eigenvalue weighted by Gasteiger charge is -2.17. The summed E-state index contributed by atoms with van der Waals surface area (Å²) in [6.45, 7) is 6.95. The molecule has 104 valence electrons. The van der Waals surface area contributed by atoms with Gasteiger partial charge >= 0.3 is 5.97 Å². The van der Waals surface area contributed by atoms with Crippen molar-refractivity contribution in [2.75, 3.05) is 13.2 Å². The topological polar surface area (TPSA) is 46.5 Å². The number of carboxylic acids is 1. The van der Waals surface area contributed by atoms with Crippen molar-refractivity contribution in [2.45, 2.75) is 46.5 Å². The first-order valence-electron chi connectivity index (χ1n) is 6.62. The van der Waals surface area contributed by atoms with Gasteiger partial charge in [-0.25, -0.2) is 0 Å². The molecule has 0 aliphatic rings. The van der Waals surface area contributed by atoms with Crippen LogP contribution in [0.4, 0.5) is 0 Å². The molecule has 0 aromatic carbocycles. The van der Waals surface area contributed by atoms with Crippen molar-refractivity contribution in [3.05, 3.63) is 24.3 Å². The van der Waals surface area contributed by atoms with Gasteiger partial charge in [0.1, 0.15) is 0 Å². The lowest BCUT2D eigenvalue weighted by atomic mass is 9.88. The number of hydrogen-bond acceptors (Lipinski definition) is 2. The van der Waals surface area contributed by atoms with E-state index in [1.165, 1.54) is 0 Å². The molecule has 0 aliphatic heterocycles. The van der Waals surface area contributed by atoms with Crippen LogP contribution in [0.1, 0.15) is 46.5 Å². The van der Waals surface area contributed by atoms with Crippen LogP contribution in [0.3, 0.4) is 0 Å². The highest BCUT2D eigenvalue weighted by Gasteiger charge is 2.25. The Morgan fingerprint density at radius 1 is 1.11 bits per heavy atom. The first-order valence-corrected chi connectivity index (χ1v) is 6.62. The molecule has 0 rings (SSSR count).